The van der Waals surface area contributed by atoms with E-state index in [1.165, 1.54) is 0 Å². The van der Waals surface area contributed by atoms with Gasteiger partial charge >= 0.3 is 0 Å². The molecule has 1 aromatic rings. The van der Waals surface area contributed by atoms with Crippen molar-refractivity contribution in [3.63, 3.8) is 0 Å². The van der Waals surface area contributed by atoms with Crippen LogP contribution in [0.4, 0.5) is 8.78 Å². The van der Waals surface area contributed by atoms with Crippen LogP contribution in [0.25, 0.3) is 0 Å². The zero-order valence-corrected chi connectivity index (χ0v) is 7.44. The molecule has 0 saturated carbocycles. The third-order valence-electron chi connectivity index (χ3n) is 1.60. The number of nitrogens with zero attached hydrogens (tertiary/aromatic N) is 1. The molecule has 4 heteroatoms. The Morgan fingerprint density at radius 3 is 2.69 bits per heavy atom. The summed E-state index contributed by atoms with van der Waals surface area (Å²) >= 11 is 0. The van der Waals surface area contributed by atoms with Gasteiger partial charge in [0.2, 0.25) is 0 Å². The maximum absolute atomic E-state index is 13.1. The van der Waals surface area contributed by atoms with E-state index in [0.29, 0.717) is 5.71 Å². The molecule has 0 fully saturated rings. The summed E-state index contributed by atoms with van der Waals surface area (Å²) in [6.07, 6.45) is 0. The molecule has 0 aliphatic rings. The molecule has 1 N–H and O–H groups in total. The lowest BCUT2D eigenvalue weighted by molar-refractivity contribution is 0.597. The maximum Gasteiger partial charge on any atom is 0.132 e. The van der Waals surface area contributed by atoms with Crippen molar-refractivity contribution in [3.8, 4) is 0 Å². The Bertz CT molecular complexity index is 334. The molecule has 1 aromatic carbocycles. The van der Waals surface area contributed by atoms with Crippen LogP contribution in [0.3, 0.4) is 0 Å². The molecule has 0 atom stereocenters. The predicted molar refractivity (Wildman–Crippen MR) is 47.6 cm³/mol. The van der Waals surface area contributed by atoms with Crippen LogP contribution in [-0.4, -0.2) is 12.8 Å². The molecule has 0 bridgehead atoms. The van der Waals surface area contributed by atoms with E-state index in [1.807, 2.05) is 0 Å². The van der Waals surface area contributed by atoms with Gasteiger partial charge in [0.1, 0.15) is 11.6 Å². The molecule has 0 spiro atoms. The quantitative estimate of drug-likeness (QED) is 0.551. The fourth-order valence-electron chi connectivity index (χ4n) is 1.00. The number of hydrogen-bond donors (Lipinski definition) is 1. The number of rotatable bonds is 2. The summed E-state index contributed by atoms with van der Waals surface area (Å²) < 4.78 is 25.8. The van der Waals surface area contributed by atoms with E-state index in [9.17, 15) is 8.78 Å². The summed E-state index contributed by atoms with van der Waals surface area (Å²) in [5.74, 6) is -0.944. The molecular weight excluding hydrogens is 174 g/mol. The van der Waals surface area contributed by atoms with Crippen LogP contribution < -0.4 is 5.43 Å². The summed E-state index contributed by atoms with van der Waals surface area (Å²) in [5, 5.41) is 3.76. The SMILES string of the molecule is CN/N=C(/C)c1cc(F)ccc1F. The minimum Gasteiger partial charge on any atom is -0.313 e. The average Bonchev–Trinajstić information content (AvgIpc) is 2.09. The second kappa shape index (κ2) is 3.98. The highest BCUT2D eigenvalue weighted by Crippen LogP contribution is 2.10. The Morgan fingerprint density at radius 1 is 1.38 bits per heavy atom. The van der Waals surface area contributed by atoms with E-state index in [1.54, 1.807) is 14.0 Å². The highest BCUT2D eigenvalue weighted by molar-refractivity contribution is 5.98. The largest absolute Gasteiger partial charge is 0.313 e. The van der Waals surface area contributed by atoms with Gasteiger partial charge in [-0.1, -0.05) is 0 Å². The lowest BCUT2D eigenvalue weighted by atomic mass is 10.1. The first-order chi connectivity index (χ1) is 6.15. The molecule has 0 unspecified atom stereocenters. The average molecular weight is 184 g/mol. The van der Waals surface area contributed by atoms with Crippen molar-refractivity contribution in [2.24, 2.45) is 5.10 Å². The van der Waals surface area contributed by atoms with Crippen LogP contribution in [0.1, 0.15) is 12.5 Å². The van der Waals surface area contributed by atoms with E-state index >= 15 is 0 Å². The topological polar surface area (TPSA) is 24.4 Å². The first kappa shape index (κ1) is 9.64. The normalized spacial score (nSPS) is 11.5. The Hall–Kier alpha value is -1.45. The standard InChI is InChI=1S/C9H10F2N2/c1-6(13-12-2)8-5-7(10)3-4-9(8)11/h3-5,12H,1-2H3/b13-6-. The highest BCUT2D eigenvalue weighted by atomic mass is 19.1. The molecule has 0 saturated heterocycles. The maximum atomic E-state index is 13.1. The Kier molecular flexibility index (Phi) is 2.95. The zero-order chi connectivity index (χ0) is 9.84. The van der Waals surface area contributed by atoms with Crippen molar-refractivity contribution in [1.29, 1.82) is 0 Å². The third-order valence-corrected chi connectivity index (χ3v) is 1.60. The van der Waals surface area contributed by atoms with Crippen molar-refractivity contribution >= 4 is 5.71 Å². The molecule has 0 radical (unpaired) electrons. The van der Waals surface area contributed by atoms with Gasteiger partial charge in [0.25, 0.3) is 0 Å². The molecule has 0 amide bonds. The van der Waals surface area contributed by atoms with E-state index in [0.717, 1.165) is 18.2 Å². The van der Waals surface area contributed by atoms with E-state index in [-0.39, 0.29) is 5.56 Å². The van der Waals surface area contributed by atoms with Gasteiger partial charge in [-0.25, -0.2) is 8.78 Å². The molecule has 1 rings (SSSR count). The van der Waals surface area contributed by atoms with Crippen LogP contribution in [0.15, 0.2) is 23.3 Å². The fraction of sp³-hybridized carbons (Fsp3) is 0.222. The van der Waals surface area contributed by atoms with Crippen molar-refractivity contribution in [3.05, 3.63) is 35.4 Å². The summed E-state index contributed by atoms with van der Waals surface area (Å²) in [7, 11) is 1.60. The number of nitrogens with one attached hydrogen (secondary N) is 1. The lowest BCUT2D eigenvalue weighted by Crippen LogP contribution is -2.05. The number of halogens is 2. The molecule has 70 valence electrons. The molecule has 13 heavy (non-hydrogen) atoms. The van der Waals surface area contributed by atoms with Gasteiger partial charge in [-0.15, -0.1) is 0 Å². The van der Waals surface area contributed by atoms with Gasteiger partial charge in [-0.3, -0.25) is 0 Å². The van der Waals surface area contributed by atoms with Gasteiger partial charge in [0.15, 0.2) is 0 Å². The van der Waals surface area contributed by atoms with Gasteiger partial charge in [0, 0.05) is 12.6 Å². The van der Waals surface area contributed by atoms with Gasteiger partial charge in [-0.05, 0) is 25.1 Å². The second-order valence-electron chi connectivity index (χ2n) is 2.54. The molecule has 0 aliphatic carbocycles. The lowest BCUT2D eigenvalue weighted by Gasteiger charge is -2.01. The van der Waals surface area contributed by atoms with E-state index in [2.05, 4.69) is 10.5 Å². The molecular formula is C9H10F2N2. The van der Waals surface area contributed by atoms with E-state index < -0.39 is 11.6 Å². The van der Waals surface area contributed by atoms with Gasteiger partial charge < -0.3 is 5.43 Å². The first-order valence-electron chi connectivity index (χ1n) is 3.81. The van der Waals surface area contributed by atoms with Crippen LogP contribution in [0.2, 0.25) is 0 Å². The van der Waals surface area contributed by atoms with Crippen LogP contribution in [0.5, 0.6) is 0 Å². The van der Waals surface area contributed by atoms with Crippen LogP contribution in [-0.2, 0) is 0 Å². The summed E-state index contributed by atoms with van der Waals surface area (Å²) in [4.78, 5) is 0. The second-order valence-corrected chi connectivity index (χ2v) is 2.54. The van der Waals surface area contributed by atoms with Gasteiger partial charge in [0.05, 0.1) is 5.71 Å². The highest BCUT2D eigenvalue weighted by Gasteiger charge is 2.06. The fourth-order valence-corrected chi connectivity index (χ4v) is 1.00. The minimum absolute atomic E-state index is 0.175. The zero-order valence-electron chi connectivity index (χ0n) is 7.44. The smallest absolute Gasteiger partial charge is 0.132 e. The summed E-state index contributed by atoms with van der Waals surface area (Å²) in [6.45, 7) is 1.61. The van der Waals surface area contributed by atoms with Gasteiger partial charge in [-0.2, -0.15) is 5.10 Å². The molecule has 0 heterocycles. The number of benzene rings is 1. The Morgan fingerprint density at radius 2 is 2.08 bits per heavy atom. The molecule has 0 aromatic heterocycles. The van der Waals surface area contributed by atoms with E-state index in [4.69, 9.17) is 0 Å². The number of hydrazone groups is 1. The summed E-state index contributed by atoms with van der Waals surface area (Å²) in [6, 6.07) is 3.27. The van der Waals surface area contributed by atoms with Crippen molar-refractivity contribution in [2.45, 2.75) is 6.92 Å². The van der Waals surface area contributed by atoms with Crippen LogP contribution >= 0.6 is 0 Å². The first-order valence-corrected chi connectivity index (χ1v) is 3.81. The monoisotopic (exact) mass is 184 g/mol. The Balaban J connectivity index is 3.13. The third kappa shape index (κ3) is 2.24. The Labute approximate surface area is 75.3 Å². The molecule has 2 nitrogen and oxygen atoms in total. The van der Waals surface area contributed by atoms with Crippen molar-refractivity contribution in [2.75, 3.05) is 7.05 Å². The van der Waals surface area contributed by atoms with Crippen LogP contribution in [0, 0.1) is 11.6 Å². The predicted octanol–water partition coefficient (Wildman–Crippen LogP) is 1.91. The van der Waals surface area contributed by atoms with Crippen molar-refractivity contribution < 1.29 is 8.78 Å². The minimum atomic E-state index is -0.474. The van der Waals surface area contributed by atoms with Crippen molar-refractivity contribution in [1.82, 2.24) is 5.43 Å². The summed E-state index contributed by atoms with van der Waals surface area (Å²) in [5.41, 5.74) is 3.10. The number of hydrogen-bond acceptors (Lipinski definition) is 2. The molecule has 0 aliphatic heterocycles.